The van der Waals surface area contributed by atoms with Crippen LogP contribution in [0.1, 0.15) is 97.0 Å². The summed E-state index contributed by atoms with van der Waals surface area (Å²) in [5, 5.41) is 3.29. The third kappa shape index (κ3) is 8.13. The summed E-state index contributed by atoms with van der Waals surface area (Å²) < 4.78 is 21.5. The Morgan fingerprint density at radius 3 is 2.42 bits per heavy atom. The summed E-state index contributed by atoms with van der Waals surface area (Å²) in [6.07, 6.45) is 12.8. The molecule has 0 bridgehead atoms. The van der Waals surface area contributed by atoms with Crippen LogP contribution in [0.2, 0.25) is 0 Å². The van der Waals surface area contributed by atoms with Gasteiger partial charge in [-0.3, -0.25) is 9.59 Å². The van der Waals surface area contributed by atoms with E-state index in [2.05, 4.69) is 26.1 Å². The van der Waals surface area contributed by atoms with Gasteiger partial charge in [-0.25, -0.2) is 0 Å². The largest absolute Gasteiger partial charge is 0.461 e. The topological polar surface area (TPSA) is 83.1 Å². The number of methoxy groups -OCH3 is 1. The molecule has 9 atom stereocenters. The van der Waals surface area contributed by atoms with Gasteiger partial charge in [-0.15, -0.1) is 0 Å². The summed E-state index contributed by atoms with van der Waals surface area (Å²) >= 11 is 0. The lowest BCUT2D eigenvalue weighted by molar-refractivity contribution is -0.145. The summed E-state index contributed by atoms with van der Waals surface area (Å²) in [5.41, 5.74) is 1.82. The van der Waals surface area contributed by atoms with Crippen LogP contribution in [0.4, 0.5) is 0 Å². The molecule has 0 spiro atoms. The third-order valence-corrected chi connectivity index (χ3v) is 12.9. The normalized spacial score (nSPS) is 34.7. The zero-order valence-corrected chi connectivity index (χ0v) is 28.4. The standard InChI is InChI=1S/C38H59NO6/c1-27(10-15-36(41)45-25-28-8-6-5-7-9-28)32-13-14-33-31-12-11-29-24-30(39-35(40)26-44-23-22-43-21-20-42-4)16-18-37(29,2)34(31)17-19-38(32,33)3/h5-9,27,29-34H,10-26H2,1-4H3,(H,39,40)/t27-,29-,30+,31+,32-,33+,34+,37+,38-/m1/s1. The van der Waals surface area contributed by atoms with Crippen molar-refractivity contribution in [2.75, 3.05) is 40.1 Å². The minimum atomic E-state index is -0.0667. The number of esters is 1. The number of rotatable bonds is 15. The second kappa shape index (κ2) is 15.8. The second-order valence-electron chi connectivity index (χ2n) is 15.2. The smallest absolute Gasteiger partial charge is 0.306 e. The number of carbonyl (C=O) groups excluding carboxylic acids is 2. The predicted molar refractivity (Wildman–Crippen MR) is 175 cm³/mol. The zero-order chi connectivity index (χ0) is 31.9. The Morgan fingerprint density at radius 2 is 1.62 bits per heavy atom. The molecule has 1 N–H and O–H groups in total. The van der Waals surface area contributed by atoms with E-state index in [1.165, 1.54) is 44.9 Å². The SMILES string of the molecule is COCCOCCOCC(=O)N[C@H]1CC[C@@]2(C)[C@H](CC[C@@H]3[C@@H]2CC[C@]2(C)[C@@H]([C@H](C)CCC(=O)OCc4ccccc4)CC[C@@H]32)C1. The second-order valence-corrected chi connectivity index (χ2v) is 15.2. The molecule has 4 fully saturated rings. The van der Waals surface area contributed by atoms with Crippen LogP contribution in [-0.4, -0.2) is 58.1 Å². The summed E-state index contributed by atoms with van der Waals surface area (Å²) in [7, 11) is 1.65. The fourth-order valence-electron chi connectivity index (χ4n) is 10.5. The molecule has 1 aromatic carbocycles. The number of carbonyl (C=O) groups is 2. The van der Waals surface area contributed by atoms with E-state index in [4.69, 9.17) is 18.9 Å². The van der Waals surface area contributed by atoms with Gasteiger partial charge in [0.25, 0.3) is 0 Å². The third-order valence-electron chi connectivity index (χ3n) is 12.9. The monoisotopic (exact) mass is 625 g/mol. The minimum Gasteiger partial charge on any atom is -0.461 e. The first-order valence-corrected chi connectivity index (χ1v) is 17.9. The van der Waals surface area contributed by atoms with Gasteiger partial charge in [0.15, 0.2) is 0 Å². The highest BCUT2D eigenvalue weighted by molar-refractivity contribution is 5.77. The summed E-state index contributed by atoms with van der Waals surface area (Å²) in [4.78, 5) is 25.2. The average Bonchev–Trinajstić information content (AvgIpc) is 3.40. The van der Waals surface area contributed by atoms with Crippen LogP contribution in [0.5, 0.6) is 0 Å². The van der Waals surface area contributed by atoms with E-state index in [0.29, 0.717) is 68.0 Å². The fraction of sp³-hybridized carbons (Fsp3) is 0.789. The van der Waals surface area contributed by atoms with E-state index in [9.17, 15) is 9.59 Å². The van der Waals surface area contributed by atoms with Crippen molar-refractivity contribution in [1.82, 2.24) is 5.32 Å². The van der Waals surface area contributed by atoms with Crippen molar-refractivity contribution in [1.29, 1.82) is 0 Å². The van der Waals surface area contributed by atoms with Crippen molar-refractivity contribution in [3.63, 3.8) is 0 Å². The molecule has 252 valence electrons. The molecule has 4 aliphatic carbocycles. The Kier molecular flexibility index (Phi) is 12.0. The van der Waals surface area contributed by atoms with Gasteiger partial charge in [-0.2, -0.15) is 0 Å². The van der Waals surface area contributed by atoms with Crippen molar-refractivity contribution in [3.8, 4) is 0 Å². The molecule has 0 unspecified atom stereocenters. The molecule has 0 aliphatic heterocycles. The van der Waals surface area contributed by atoms with E-state index in [1.54, 1.807) is 7.11 Å². The number of nitrogens with one attached hydrogen (secondary N) is 1. The molecule has 1 amide bonds. The predicted octanol–water partition coefficient (Wildman–Crippen LogP) is 6.97. The van der Waals surface area contributed by atoms with Crippen LogP contribution in [0, 0.1) is 46.3 Å². The summed E-state index contributed by atoms with van der Waals surface area (Å²) in [6.45, 7) is 10.1. The Labute approximate surface area is 271 Å². The Bertz CT molecular complexity index is 1100. The van der Waals surface area contributed by atoms with Crippen molar-refractivity contribution in [3.05, 3.63) is 35.9 Å². The molecule has 45 heavy (non-hydrogen) atoms. The summed E-state index contributed by atoms with van der Waals surface area (Å²) in [6, 6.07) is 10.2. The van der Waals surface area contributed by atoms with E-state index in [0.717, 1.165) is 42.6 Å². The first kappa shape index (κ1) is 34.4. The van der Waals surface area contributed by atoms with E-state index in [-0.39, 0.29) is 24.5 Å². The van der Waals surface area contributed by atoms with Crippen LogP contribution in [0.15, 0.2) is 30.3 Å². The highest BCUT2D eigenvalue weighted by atomic mass is 16.5. The van der Waals surface area contributed by atoms with Crippen molar-refractivity contribution >= 4 is 11.9 Å². The van der Waals surface area contributed by atoms with Gasteiger partial charge in [0, 0.05) is 19.6 Å². The quantitative estimate of drug-likeness (QED) is 0.168. The Hall–Kier alpha value is -1.96. The van der Waals surface area contributed by atoms with Gasteiger partial charge in [-0.05, 0) is 116 Å². The number of amides is 1. The molecule has 4 aliphatic rings. The highest BCUT2D eigenvalue weighted by Crippen LogP contribution is 2.68. The van der Waals surface area contributed by atoms with Gasteiger partial charge in [0.1, 0.15) is 13.2 Å². The molecule has 0 radical (unpaired) electrons. The summed E-state index contributed by atoms with van der Waals surface area (Å²) in [5.74, 6) is 4.29. The van der Waals surface area contributed by atoms with Crippen molar-refractivity contribution < 1.29 is 28.5 Å². The van der Waals surface area contributed by atoms with Crippen LogP contribution < -0.4 is 5.32 Å². The maximum atomic E-state index is 12.6. The fourth-order valence-corrected chi connectivity index (χ4v) is 10.5. The molecule has 4 saturated carbocycles. The van der Waals surface area contributed by atoms with E-state index < -0.39 is 0 Å². The van der Waals surface area contributed by atoms with Gasteiger partial charge in [-0.1, -0.05) is 51.1 Å². The minimum absolute atomic E-state index is 0.00168. The molecule has 5 rings (SSSR count). The van der Waals surface area contributed by atoms with Crippen LogP contribution >= 0.6 is 0 Å². The molecule has 0 saturated heterocycles. The highest BCUT2D eigenvalue weighted by Gasteiger charge is 2.60. The zero-order valence-electron chi connectivity index (χ0n) is 28.4. The Morgan fingerprint density at radius 1 is 0.889 bits per heavy atom. The lowest BCUT2D eigenvalue weighted by atomic mass is 9.44. The van der Waals surface area contributed by atoms with Gasteiger partial charge in [0.05, 0.1) is 26.4 Å². The van der Waals surface area contributed by atoms with Crippen LogP contribution in [-0.2, 0) is 35.1 Å². The molecule has 0 aromatic heterocycles. The molecule has 1 aromatic rings. The molecule has 7 heteroatoms. The maximum Gasteiger partial charge on any atom is 0.306 e. The van der Waals surface area contributed by atoms with Gasteiger partial charge >= 0.3 is 5.97 Å². The first-order chi connectivity index (χ1) is 21.7. The van der Waals surface area contributed by atoms with E-state index >= 15 is 0 Å². The molecular weight excluding hydrogens is 566 g/mol. The number of fused-ring (bicyclic) bond motifs is 5. The van der Waals surface area contributed by atoms with Crippen molar-refractivity contribution in [2.24, 2.45) is 46.3 Å². The lowest BCUT2D eigenvalue weighted by Gasteiger charge is -2.61. The average molecular weight is 626 g/mol. The molecular formula is C38H59NO6. The van der Waals surface area contributed by atoms with E-state index in [1.807, 2.05) is 30.3 Å². The lowest BCUT2D eigenvalue weighted by Crippen LogP contribution is -2.55. The van der Waals surface area contributed by atoms with Crippen LogP contribution in [0.3, 0.4) is 0 Å². The molecule has 7 nitrogen and oxygen atoms in total. The van der Waals surface area contributed by atoms with Gasteiger partial charge < -0.3 is 24.3 Å². The number of hydrogen-bond donors (Lipinski definition) is 1. The maximum absolute atomic E-state index is 12.6. The molecule has 0 heterocycles. The number of hydrogen-bond acceptors (Lipinski definition) is 6. The number of benzene rings is 1. The first-order valence-electron chi connectivity index (χ1n) is 17.9. The van der Waals surface area contributed by atoms with Gasteiger partial charge in [0.2, 0.25) is 5.91 Å². The van der Waals surface area contributed by atoms with Crippen molar-refractivity contribution in [2.45, 2.75) is 104 Å². The Balaban J connectivity index is 1.07. The number of ether oxygens (including phenoxy) is 4. The van der Waals surface area contributed by atoms with Crippen LogP contribution in [0.25, 0.3) is 0 Å².